The number of hydrogen-bond acceptors (Lipinski definition) is 9. The number of hydrogen-bond donors (Lipinski definition) is 3. The van der Waals surface area contributed by atoms with Gasteiger partial charge in [-0.1, -0.05) is 0 Å². The molecule has 2 atom stereocenters. The number of alkyl halides is 3. The normalized spacial score (nSPS) is 15.8. The van der Waals surface area contributed by atoms with Crippen LogP contribution in [0.25, 0.3) is 10.9 Å². The molecular formula is C22H19F3N6O6S. The van der Waals surface area contributed by atoms with Crippen LogP contribution in [-0.4, -0.2) is 66.7 Å². The molecular weight excluding hydrogens is 533 g/mol. The summed E-state index contributed by atoms with van der Waals surface area (Å²) < 4.78 is 37.5. The van der Waals surface area contributed by atoms with E-state index in [1.54, 1.807) is 18.3 Å². The highest BCUT2D eigenvalue weighted by molar-refractivity contribution is 7.99. The van der Waals surface area contributed by atoms with Gasteiger partial charge in [0.2, 0.25) is 11.8 Å². The molecule has 38 heavy (non-hydrogen) atoms. The van der Waals surface area contributed by atoms with Gasteiger partial charge in [0.15, 0.2) is 0 Å². The Balaban J connectivity index is 0.000000505. The Labute approximate surface area is 216 Å². The zero-order chi connectivity index (χ0) is 28.0. The quantitative estimate of drug-likeness (QED) is 0.302. The topological polar surface area (TPSA) is 188 Å². The number of halogens is 3. The number of aromatic amines is 1. The maximum Gasteiger partial charge on any atom is 0.490 e. The number of nitrogens with one attached hydrogen (secondary N) is 1. The highest BCUT2D eigenvalue weighted by Gasteiger charge is 2.38. The van der Waals surface area contributed by atoms with E-state index in [9.17, 15) is 33.3 Å². The summed E-state index contributed by atoms with van der Waals surface area (Å²) in [5.41, 5.74) is 7.75. The van der Waals surface area contributed by atoms with Gasteiger partial charge in [-0.15, -0.1) is 11.8 Å². The molecule has 1 aliphatic rings. The molecule has 3 heterocycles. The Morgan fingerprint density at radius 3 is 2.68 bits per heavy atom. The summed E-state index contributed by atoms with van der Waals surface area (Å²) in [5, 5.41) is 27.9. The summed E-state index contributed by atoms with van der Waals surface area (Å²) in [6, 6.07) is 9.04. The lowest BCUT2D eigenvalue weighted by Crippen LogP contribution is -2.47. The lowest BCUT2D eigenvalue weighted by atomic mass is 10.0. The summed E-state index contributed by atoms with van der Waals surface area (Å²) >= 11 is 1.54. The first-order valence-electron chi connectivity index (χ1n) is 10.6. The number of nitrogens with zero attached hydrogens (tertiary/aromatic N) is 4. The standard InChI is InChI=1S/C20H18N6O4S.C2HF3O2/c21-7-14-10-31-11-25(14)20(27)17(22)5-12-8-23-18-3-2-15(6-16(12)18)30-19-4-1-13(9-24-19)26(28)29;3-2(4,5)1(6)7/h1-4,6,8-9,14,17,23H,5,10-11,22H2;(H,6,7)/t14-,17-;/m0./s1. The number of carbonyl (C=O) groups excluding carboxylic acids is 1. The zero-order valence-electron chi connectivity index (χ0n) is 19.2. The molecule has 16 heteroatoms. The first kappa shape index (κ1) is 28.2. The minimum Gasteiger partial charge on any atom is -0.475 e. The average Bonchev–Trinajstić information content (AvgIpc) is 3.50. The molecule has 0 saturated carbocycles. The van der Waals surface area contributed by atoms with Crippen LogP contribution in [0.15, 0.2) is 42.7 Å². The van der Waals surface area contributed by atoms with Crippen molar-refractivity contribution < 1.29 is 37.5 Å². The molecule has 1 aliphatic heterocycles. The number of nitriles is 1. The van der Waals surface area contributed by atoms with Gasteiger partial charge in [0.05, 0.1) is 22.9 Å². The summed E-state index contributed by atoms with van der Waals surface area (Å²) in [6.07, 6.45) is -1.85. The third kappa shape index (κ3) is 6.89. The van der Waals surface area contributed by atoms with Gasteiger partial charge in [0, 0.05) is 35.0 Å². The van der Waals surface area contributed by atoms with Crippen LogP contribution >= 0.6 is 11.8 Å². The molecule has 0 radical (unpaired) electrons. The van der Waals surface area contributed by atoms with Gasteiger partial charge < -0.3 is 25.5 Å². The van der Waals surface area contributed by atoms with E-state index in [1.807, 2.05) is 6.07 Å². The van der Waals surface area contributed by atoms with Gasteiger partial charge >= 0.3 is 12.1 Å². The van der Waals surface area contributed by atoms with Crippen LogP contribution in [0.5, 0.6) is 11.6 Å². The number of benzene rings is 1. The van der Waals surface area contributed by atoms with E-state index in [2.05, 4.69) is 16.0 Å². The smallest absolute Gasteiger partial charge is 0.475 e. The van der Waals surface area contributed by atoms with Crippen LogP contribution in [0.1, 0.15) is 5.56 Å². The molecule has 0 spiro atoms. The van der Waals surface area contributed by atoms with Crippen molar-refractivity contribution in [3.63, 3.8) is 0 Å². The fraction of sp³-hybridized carbons (Fsp3) is 0.273. The number of H-pyrrole nitrogens is 1. The van der Waals surface area contributed by atoms with Crippen molar-refractivity contribution in [2.45, 2.75) is 24.7 Å². The predicted molar refractivity (Wildman–Crippen MR) is 128 cm³/mol. The molecule has 1 fully saturated rings. The third-order valence-corrected chi connectivity index (χ3v) is 6.22. The van der Waals surface area contributed by atoms with E-state index in [0.717, 1.165) is 22.7 Å². The number of fused-ring (bicyclic) bond motifs is 1. The molecule has 12 nitrogen and oxygen atoms in total. The number of carbonyl (C=O) groups is 2. The van der Waals surface area contributed by atoms with E-state index in [4.69, 9.17) is 20.4 Å². The lowest BCUT2D eigenvalue weighted by Gasteiger charge is -2.22. The molecule has 0 unspecified atom stereocenters. The van der Waals surface area contributed by atoms with Gasteiger partial charge in [0.1, 0.15) is 18.0 Å². The number of thioether (sulfide) groups is 1. The summed E-state index contributed by atoms with van der Waals surface area (Å²) in [5.74, 6) is -1.21. The minimum atomic E-state index is -5.08. The molecule has 0 aliphatic carbocycles. The number of carboxylic acids is 1. The Kier molecular flexibility index (Phi) is 8.76. The van der Waals surface area contributed by atoms with Gasteiger partial charge in [-0.25, -0.2) is 9.78 Å². The molecule has 1 aromatic carbocycles. The number of aliphatic carboxylic acids is 1. The largest absolute Gasteiger partial charge is 0.490 e. The maximum atomic E-state index is 12.7. The first-order valence-corrected chi connectivity index (χ1v) is 11.8. The Morgan fingerprint density at radius 1 is 1.39 bits per heavy atom. The van der Waals surface area contributed by atoms with Crippen molar-refractivity contribution in [2.75, 3.05) is 11.6 Å². The molecule has 4 N–H and O–H groups in total. The number of nitrogens with two attached hydrogens (primary N) is 1. The fourth-order valence-corrected chi connectivity index (χ4v) is 4.44. The van der Waals surface area contributed by atoms with Gasteiger partial charge in [-0.3, -0.25) is 14.9 Å². The highest BCUT2D eigenvalue weighted by atomic mass is 32.2. The monoisotopic (exact) mass is 552 g/mol. The van der Waals surface area contributed by atoms with Crippen LogP contribution < -0.4 is 10.5 Å². The van der Waals surface area contributed by atoms with Crippen molar-refractivity contribution in [3.05, 3.63) is 58.4 Å². The Hall–Kier alpha value is -4.36. The zero-order valence-corrected chi connectivity index (χ0v) is 20.0. The van der Waals surface area contributed by atoms with Crippen molar-refractivity contribution in [1.82, 2.24) is 14.9 Å². The Morgan fingerprint density at radius 2 is 2.11 bits per heavy atom. The minimum absolute atomic E-state index is 0.121. The number of ether oxygens (including phenoxy) is 1. The van der Waals surface area contributed by atoms with E-state index in [1.165, 1.54) is 28.8 Å². The number of pyridine rings is 1. The van der Waals surface area contributed by atoms with Crippen LogP contribution in [0.4, 0.5) is 18.9 Å². The van der Waals surface area contributed by atoms with Gasteiger partial charge in [-0.05, 0) is 30.2 Å². The lowest BCUT2D eigenvalue weighted by molar-refractivity contribution is -0.385. The highest BCUT2D eigenvalue weighted by Crippen LogP contribution is 2.28. The number of carboxylic acid groups (broad SMARTS) is 1. The first-order chi connectivity index (χ1) is 17.9. The van der Waals surface area contributed by atoms with Gasteiger partial charge in [0.25, 0.3) is 5.69 Å². The van der Waals surface area contributed by atoms with Crippen molar-refractivity contribution in [2.24, 2.45) is 5.73 Å². The van der Waals surface area contributed by atoms with E-state index < -0.39 is 29.2 Å². The SMILES string of the molecule is N#C[C@H]1CSCN1C(=O)[C@@H](N)Cc1c[nH]c2ccc(Oc3ccc([N+](=O)[O-])cn3)cc12.O=C(O)C(F)(F)F. The number of amides is 1. The van der Waals surface area contributed by atoms with Gasteiger partial charge in [-0.2, -0.15) is 18.4 Å². The molecule has 1 saturated heterocycles. The van der Waals surface area contributed by atoms with Crippen molar-refractivity contribution in [3.8, 4) is 17.7 Å². The summed E-state index contributed by atoms with van der Waals surface area (Å²) in [6.45, 7) is 0. The molecule has 1 amide bonds. The van der Waals surface area contributed by atoms with Crippen LogP contribution in [0.3, 0.4) is 0 Å². The fourth-order valence-electron chi connectivity index (χ4n) is 3.36. The summed E-state index contributed by atoms with van der Waals surface area (Å²) in [7, 11) is 0. The van der Waals surface area contributed by atoms with E-state index >= 15 is 0 Å². The number of aromatic nitrogens is 2. The number of nitro groups is 1. The molecule has 200 valence electrons. The molecule has 2 aromatic heterocycles. The maximum absolute atomic E-state index is 12.7. The van der Waals surface area contributed by atoms with E-state index in [0.29, 0.717) is 23.8 Å². The second-order valence-corrected chi connectivity index (χ2v) is 8.80. The molecule has 3 aromatic rings. The van der Waals surface area contributed by atoms with Crippen LogP contribution in [0, 0.1) is 21.4 Å². The van der Waals surface area contributed by atoms with Crippen molar-refractivity contribution >= 4 is 40.2 Å². The van der Waals surface area contributed by atoms with Crippen molar-refractivity contribution in [1.29, 1.82) is 5.26 Å². The Bertz CT molecular complexity index is 1370. The number of rotatable bonds is 6. The third-order valence-electron chi connectivity index (χ3n) is 5.21. The van der Waals surface area contributed by atoms with Crippen LogP contribution in [0.2, 0.25) is 0 Å². The average molecular weight is 552 g/mol. The summed E-state index contributed by atoms with van der Waals surface area (Å²) in [4.78, 5) is 40.4. The molecule has 0 bridgehead atoms. The van der Waals surface area contributed by atoms with E-state index in [-0.39, 0.29) is 17.5 Å². The second kappa shape index (κ2) is 11.8. The predicted octanol–water partition coefficient (Wildman–Crippen LogP) is 3.19. The molecule has 4 rings (SSSR count). The van der Waals surface area contributed by atoms with Crippen LogP contribution in [-0.2, 0) is 16.0 Å². The second-order valence-electron chi connectivity index (χ2n) is 7.80.